The van der Waals surface area contributed by atoms with Gasteiger partial charge in [-0.05, 0) is 80.3 Å². The van der Waals surface area contributed by atoms with Crippen molar-refractivity contribution >= 4 is 26.6 Å². The quantitative estimate of drug-likeness (QED) is 0.517. The van der Waals surface area contributed by atoms with Gasteiger partial charge in [0.15, 0.2) is 0 Å². The van der Waals surface area contributed by atoms with Gasteiger partial charge < -0.3 is 4.74 Å². The molecule has 3 aromatic rings. The molecule has 32 heavy (non-hydrogen) atoms. The van der Waals surface area contributed by atoms with Crippen LogP contribution in [0.25, 0.3) is 10.9 Å². The van der Waals surface area contributed by atoms with E-state index in [4.69, 9.17) is 4.74 Å². The van der Waals surface area contributed by atoms with Gasteiger partial charge in [0, 0.05) is 31.2 Å². The summed E-state index contributed by atoms with van der Waals surface area (Å²) in [6, 6.07) is 13.4. The Morgan fingerprint density at radius 3 is 2.47 bits per heavy atom. The summed E-state index contributed by atoms with van der Waals surface area (Å²) in [7, 11) is -3.66. The molecule has 0 unspecified atom stereocenters. The molecule has 0 spiro atoms. The maximum Gasteiger partial charge on any atom is 0.264 e. The zero-order chi connectivity index (χ0) is 22.1. The molecule has 2 heterocycles. The van der Waals surface area contributed by atoms with Crippen LogP contribution in [0.15, 0.2) is 53.6 Å². The van der Waals surface area contributed by atoms with Crippen LogP contribution < -0.4 is 4.31 Å². The van der Waals surface area contributed by atoms with E-state index < -0.39 is 10.0 Å². The van der Waals surface area contributed by atoms with Gasteiger partial charge in [-0.25, -0.2) is 8.42 Å². The predicted octanol–water partition coefficient (Wildman–Crippen LogP) is 4.77. The van der Waals surface area contributed by atoms with Crippen LogP contribution in [0.2, 0.25) is 0 Å². The molecular weight excluding hydrogens is 422 g/mol. The standard InChI is InChI=1S/C25H31N3O3S/c1-2-19-6-8-23(9-7-19)28(22-4-3-5-22)32(29,30)24-10-11-25-21(16-24)17-26-27(25)18-20-12-14-31-15-13-20/h6-11,16-17,20,22H,2-5,12-15,18H2,1H3. The van der Waals surface area contributed by atoms with Crippen molar-refractivity contribution in [2.45, 2.75) is 62.9 Å². The highest BCUT2D eigenvalue weighted by atomic mass is 32.2. The highest BCUT2D eigenvalue weighted by Gasteiger charge is 2.35. The molecule has 1 saturated carbocycles. The van der Waals surface area contributed by atoms with E-state index in [1.807, 2.05) is 35.0 Å². The highest BCUT2D eigenvalue weighted by Crippen LogP contribution is 2.35. The number of benzene rings is 2. The smallest absolute Gasteiger partial charge is 0.264 e. The number of fused-ring (bicyclic) bond motifs is 1. The van der Waals surface area contributed by atoms with E-state index in [1.54, 1.807) is 22.6 Å². The molecule has 0 atom stereocenters. The fourth-order valence-electron chi connectivity index (χ4n) is 4.70. The Morgan fingerprint density at radius 1 is 1.06 bits per heavy atom. The number of aromatic nitrogens is 2. The van der Waals surface area contributed by atoms with Crippen LogP contribution in [0.4, 0.5) is 5.69 Å². The first kappa shape index (κ1) is 21.5. The molecule has 6 nitrogen and oxygen atoms in total. The van der Waals surface area contributed by atoms with Crippen molar-refractivity contribution in [1.82, 2.24) is 9.78 Å². The van der Waals surface area contributed by atoms with Gasteiger partial charge in [0.05, 0.1) is 22.3 Å². The maximum atomic E-state index is 13.8. The molecule has 1 saturated heterocycles. The topological polar surface area (TPSA) is 64.4 Å². The zero-order valence-electron chi connectivity index (χ0n) is 18.6. The van der Waals surface area contributed by atoms with E-state index in [0.29, 0.717) is 10.8 Å². The fraction of sp³-hybridized carbons (Fsp3) is 0.480. The molecule has 0 radical (unpaired) electrons. The summed E-state index contributed by atoms with van der Waals surface area (Å²) in [6.45, 7) is 4.56. The molecule has 1 aromatic heterocycles. The van der Waals surface area contributed by atoms with Crippen molar-refractivity contribution in [2.24, 2.45) is 5.92 Å². The van der Waals surface area contributed by atoms with E-state index in [1.165, 1.54) is 5.56 Å². The van der Waals surface area contributed by atoms with Gasteiger partial charge in [-0.3, -0.25) is 8.99 Å². The summed E-state index contributed by atoms with van der Waals surface area (Å²) in [5, 5.41) is 5.43. The zero-order valence-corrected chi connectivity index (χ0v) is 19.4. The Morgan fingerprint density at radius 2 is 1.81 bits per heavy atom. The lowest BCUT2D eigenvalue weighted by atomic mass is 9.93. The van der Waals surface area contributed by atoms with Gasteiger partial charge in [-0.15, -0.1) is 0 Å². The molecule has 5 rings (SSSR count). The molecule has 1 aliphatic carbocycles. The summed E-state index contributed by atoms with van der Waals surface area (Å²) in [5.74, 6) is 0.551. The lowest BCUT2D eigenvalue weighted by Gasteiger charge is -2.38. The number of anilines is 1. The predicted molar refractivity (Wildman–Crippen MR) is 126 cm³/mol. The Bertz CT molecular complexity index is 1180. The van der Waals surface area contributed by atoms with Crippen LogP contribution >= 0.6 is 0 Å². The highest BCUT2D eigenvalue weighted by molar-refractivity contribution is 7.92. The second-order valence-electron chi connectivity index (χ2n) is 9.01. The van der Waals surface area contributed by atoms with Crippen molar-refractivity contribution in [3.05, 3.63) is 54.2 Å². The molecule has 2 aromatic carbocycles. The van der Waals surface area contributed by atoms with Crippen LogP contribution in [0.1, 0.15) is 44.6 Å². The van der Waals surface area contributed by atoms with Crippen molar-refractivity contribution in [3.63, 3.8) is 0 Å². The normalized spacial score (nSPS) is 18.0. The third-order valence-corrected chi connectivity index (χ3v) is 8.82. The van der Waals surface area contributed by atoms with Gasteiger partial charge in [-0.2, -0.15) is 5.10 Å². The minimum Gasteiger partial charge on any atom is -0.381 e. The van der Waals surface area contributed by atoms with E-state index in [-0.39, 0.29) is 6.04 Å². The van der Waals surface area contributed by atoms with Gasteiger partial charge in [0.25, 0.3) is 10.0 Å². The molecule has 2 aliphatic rings. The van der Waals surface area contributed by atoms with Crippen LogP contribution in [0.3, 0.4) is 0 Å². The molecular formula is C25H31N3O3S. The molecule has 2 fully saturated rings. The number of ether oxygens (including phenoxy) is 1. The van der Waals surface area contributed by atoms with E-state index in [0.717, 1.165) is 74.9 Å². The number of hydrogen-bond acceptors (Lipinski definition) is 4. The Hall–Kier alpha value is -2.38. The molecule has 0 N–H and O–H groups in total. The Kier molecular flexibility index (Phi) is 5.95. The maximum absolute atomic E-state index is 13.8. The Balaban J connectivity index is 1.46. The van der Waals surface area contributed by atoms with Crippen molar-refractivity contribution < 1.29 is 13.2 Å². The molecule has 7 heteroatoms. The number of nitrogens with zero attached hydrogens (tertiary/aromatic N) is 3. The average Bonchev–Trinajstić information content (AvgIpc) is 3.19. The molecule has 1 aliphatic heterocycles. The van der Waals surface area contributed by atoms with Gasteiger partial charge in [0.2, 0.25) is 0 Å². The van der Waals surface area contributed by atoms with E-state index >= 15 is 0 Å². The van der Waals surface area contributed by atoms with Gasteiger partial charge >= 0.3 is 0 Å². The molecule has 170 valence electrons. The van der Waals surface area contributed by atoms with Gasteiger partial charge in [0.1, 0.15) is 0 Å². The number of rotatable bonds is 7. The SMILES string of the molecule is CCc1ccc(N(C2CCC2)S(=O)(=O)c2ccc3c(cnn3CC3CCOCC3)c2)cc1. The van der Waals surface area contributed by atoms with Gasteiger partial charge in [-0.1, -0.05) is 19.1 Å². The van der Waals surface area contributed by atoms with Crippen molar-refractivity contribution in [2.75, 3.05) is 17.5 Å². The Labute approximate surface area is 190 Å². The van der Waals surface area contributed by atoms with Crippen LogP contribution in [0.5, 0.6) is 0 Å². The van der Waals surface area contributed by atoms with Crippen molar-refractivity contribution in [1.29, 1.82) is 0 Å². The lowest BCUT2D eigenvalue weighted by molar-refractivity contribution is 0.0605. The van der Waals surface area contributed by atoms with Crippen molar-refractivity contribution in [3.8, 4) is 0 Å². The number of aryl methyl sites for hydroxylation is 1. The molecule has 0 amide bonds. The molecule has 0 bridgehead atoms. The second-order valence-corrected chi connectivity index (χ2v) is 10.8. The van der Waals surface area contributed by atoms with Crippen LogP contribution in [0, 0.1) is 5.92 Å². The number of hydrogen-bond donors (Lipinski definition) is 0. The van der Waals surface area contributed by atoms with Crippen LogP contribution in [-0.4, -0.2) is 37.5 Å². The number of sulfonamides is 1. The first-order valence-electron chi connectivity index (χ1n) is 11.7. The minimum atomic E-state index is -3.66. The minimum absolute atomic E-state index is 0.0272. The summed E-state index contributed by atoms with van der Waals surface area (Å²) in [4.78, 5) is 0.335. The largest absolute Gasteiger partial charge is 0.381 e. The monoisotopic (exact) mass is 453 g/mol. The average molecular weight is 454 g/mol. The first-order valence-corrected chi connectivity index (χ1v) is 13.2. The summed E-state index contributed by atoms with van der Waals surface area (Å²) < 4.78 is 36.7. The second kappa shape index (κ2) is 8.87. The first-order chi connectivity index (χ1) is 15.6. The third-order valence-electron chi connectivity index (χ3n) is 6.95. The van der Waals surface area contributed by atoms with E-state index in [9.17, 15) is 8.42 Å². The lowest BCUT2D eigenvalue weighted by Crippen LogP contribution is -2.44. The summed E-state index contributed by atoms with van der Waals surface area (Å²) in [6.07, 6.45) is 7.69. The van der Waals surface area contributed by atoms with E-state index in [2.05, 4.69) is 12.0 Å². The summed E-state index contributed by atoms with van der Waals surface area (Å²) in [5.41, 5.74) is 2.94. The third kappa shape index (κ3) is 4.04. The fourth-order valence-corrected chi connectivity index (χ4v) is 6.45. The van der Waals surface area contributed by atoms with Crippen LogP contribution in [-0.2, 0) is 27.7 Å². The summed E-state index contributed by atoms with van der Waals surface area (Å²) >= 11 is 0.